The van der Waals surface area contributed by atoms with Crippen molar-refractivity contribution in [1.82, 2.24) is 15.1 Å². The van der Waals surface area contributed by atoms with Crippen LogP contribution in [0.15, 0.2) is 0 Å². The molecule has 0 aliphatic carbocycles. The van der Waals surface area contributed by atoms with Crippen molar-refractivity contribution in [2.24, 2.45) is 0 Å². The third kappa shape index (κ3) is 2.31. The van der Waals surface area contributed by atoms with Crippen molar-refractivity contribution in [3.8, 4) is 0 Å². The number of piperidine rings is 1. The van der Waals surface area contributed by atoms with Crippen LogP contribution in [0.1, 0.15) is 24.2 Å². The summed E-state index contributed by atoms with van der Waals surface area (Å²) in [5.41, 5.74) is 3.42. The number of hydrogen-bond donors (Lipinski definition) is 2. The molecule has 0 unspecified atom stereocenters. The Balaban J connectivity index is 1.97. The summed E-state index contributed by atoms with van der Waals surface area (Å²) in [4.78, 5) is 2.38. The second-order valence-corrected chi connectivity index (χ2v) is 4.53. The lowest BCUT2D eigenvalue weighted by Crippen LogP contribution is -2.36. The highest BCUT2D eigenvalue weighted by atomic mass is 15.2. The summed E-state index contributed by atoms with van der Waals surface area (Å²) >= 11 is 0. The Morgan fingerprint density at radius 3 is 2.53 bits per heavy atom. The summed E-state index contributed by atoms with van der Waals surface area (Å²) in [6.45, 7) is 6.49. The summed E-state index contributed by atoms with van der Waals surface area (Å²) in [5.74, 6) is 0. The van der Waals surface area contributed by atoms with Gasteiger partial charge in [0.15, 0.2) is 0 Å². The Morgan fingerprint density at radius 1 is 1.33 bits per heavy atom. The minimum atomic E-state index is 0.608. The van der Waals surface area contributed by atoms with Gasteiger partial charge in [0.2, 0.25) is 0 Å². The predicted molar refractivity (Wildman–Crippen MR) is 62.2 cm³/mol. The largest absolute Gasteiger partial charge is 0.379 e. The van der Waals surface area contributed by atoms with Crippen molar-refractivity contribution in [1.29, 1.82) is 0 Å². The molecule has 0 spiro atoms. The second kappa shape index (κ2) is 4.23. The third-order valence-electron chi connectivity index (χ3n) is 3.20. The van der Waals surface area contributed by atoms with Crippen LogP contribution in [0.4, 0.5) is 5.69 Å². The molecule has 2 heterocycles. The average Bonchev–Trinajstić information content (AvgIpc) is 2.53. The van der Waals surface area contributed by atoms with E-state index in [1.165, 1.54) is 31.6 Å². The predicted octanol–water partition coefficient (Wildman–Crippen LogP) is 1.53. The van der Waals surface area contributed by atoms with Gasteiger partial charge in [-0.2, -0.15) is 5.10 Å². The van der Waals surface area contributed by atoms with E-state index in [0.717, 1.165) is 11.4 Å². The van der Waals surface area contributed by atoms with E-state index in [9.17, 15) is 0 Å². The number of likely N-dealkylation sites (tertiary alicyclic amines) is 1. The number of rotatable bonds is 2. The van der Waals surface area contributed by atoms with Crippen molar-refractivity contribution < 1.29 is 0 Å². The number of H-pyrrole nitrogens is 1. The lowest BCUT2D eigenvalue weighted by atomic mass is 10.1. The van der Waals surface area contributed by atoms with Crippen LogP contribution in [-0.2, 0) is 0 Å². The molecule has 0 atom stereocenters. The number of hydrogen-bond acceptors (Lipinski definition) is 3. The SMILES string of the molecule is Cc1n[nH]c(C)c1NC1CCN(C)CC1. The van der Waals surface area contributed by atoms with Crippen molar-refractivity contribution in [3.05, 3.63) is 11.4 Å². The fraction of sp³-hybridized carbons (Fsp3) is 0.727. The molecule has 0 radical (unpaired) electrons. The first-order chi connectivity index (χ1) is 7.16. The van der Waals surface area contributed by atoms with E-state index in [1.807, 2.05) is 6.92 Å². The van der Waals surface area contributed by atoms with Crippen LogP contribution in [-0.4, -0.2) is 41.3 Å². The molecule has 0 aromatic carbocycles. The Bertz CT molecular complexity index is 304. The molecule has 4 nitrogen and oxygen atoms in total. The van der Waals surface area contributed by atoms with Crippen LogP contribution in [0.2, 0.25) is 0 Å². The number of nitrogens with one attached hydrogen (secondary N) is 2. The number of anilines is 1. The highest BCUT2D eigenvalue weighted by Crippen LogP contribution is 2.20. The van der Waals surface area contributed by atoms with E-state index >= 15 is 0 Å². The zero-order chi connectivity index (χ0) is 10.8. The maximum atomic E-state index is 4.20. The van der Waals surface area contributed by atoms with E-state index in [-0.39, 0.29) is 0 Å². The van der Waals surface area contributed by atoms with Crippen LogP contribution in [0, 0.1) is 13.8 Å². The molecule has 0 bridgehead atoms. The maximum Gasteiger partial charge on any atom is 0.0825 e. The van der Waals surface area contributed by atoms with E-state index in [0.29, 0.717) is 6.04 Å². The maximum absolute atomic E-state index is 4.20. The second-order valence-electron chi connectivity index (χ2n) is 4.53. The molecule has 0 saturated carbocycles. The summed E-state index contributed by atoms with van der Waals surface area (Å²) < 4.78 is 0. The van der Waals surface area contributed by atoms with E-state index in [2.05, 4.69) is 34.4 Å². The first-order valence-electron chi connectivity index (χ1n) is 5.63. The van der Waals surface area contributed by atoms with Crippen LogP contribution < -0.4 is 5.32 Å². The molecule has 1 saturated heterocycles. The van der Waals surface area contributed by atoms with Gasteiger partial charge in [-0.3, -0.25) is 5.10 Å². The molecule has 1 fully saturated rings. The van der Waals surface area contributed by atoms with Gasteiger partial charge in [0, 0.05) is 6.04 Å². The van der Waals surface area contributed by atoms with Gasteiger partial charge in [-0.25, -0.2) is 0 Å². The minimum absolute atomic E-state index is 0.608. The quantitative estimate of drug-likeness (QED) is 0.774. The molecule has 2 N–H and O–H groups in total. The minimum Gasteiger partial charge on any atom is -0.379 e. The Morgan fingerprint density at radius 2 is 2.00 bits per heavy atom. The smallest absolute Gasteiger partial charge is 0.0825 e. The van der Waals surface area contributed by atoms with Gasteiger partial charge in [-0.05, 0) is 46.8 Å². The normalized spacial score (nSPS) is 19.4. The topological polar surface area (TPSA) is 44.0 Å². The van der Waals surface area contributed by atoms with E-state index in [1.54, 1.807) is 0 Å². The van der Waals surface area contributed by atoms with Gasteiger partial charge < -0.3 is 10.2 Å². The average molecular weight is 208 g/mol. The van der Waals surface area contributed by atoms with Crippen LogP contribution >= 0.6 is 0 Å². The Hall–Kier alpha value is -1.03. The first kappa shape index (κ1) is 10.5. The zero-order valence-corrected chi connectivity index (χ0v) is 9.80. The highest BCUT2D eigenvalue weighted by Gasteiger charge is 2.18. The van der Waals surface area contributed by atoms with Crippen LogP contribution in [0.3, 0.4) is 0 Å². The first-order valence-corrected chi connectivity index (χ1v) is 5.63. The third-order valence-corrected chi connectivity index (χ3v) is 3.20. The molecule has 1 aromatic heterocycles. The lowest BCUT2D eigenvalue weighted by Gasteiger charge is -2.30. The number of aromatic amines is 1. The highest BCUT2D eigenvalue weighted by molar-refractivity contribution is 5.52. The van der Waals surface area contributed by atoms with Gasteiger partial charge in [-0.15, -0.1) is 0 Å². The molecule has 1 aliphatic heterocycles. The van der Waals surface area contributed by atoms with Crippen molar-refractivity contribution >= 4 is 5.69 Å². The monoisotopic (exact) mass is 208 g/mol. The summed E-state index contributed by atoms with van der Waals surface area (Å²) in [6, 6.07) is 0.608. The van der Waals surface area contributed by atoms with Gasteiger partial charge >= 0.3 is 0 Å². The lowest BCUT2D eigenvalue weighted by molar-refractivity contribution is 0.264. The molecule has 15 heavy (non-hydrogen) atoms. The van der Waals surface area contributed by atoms with Gasteiger partial charge in [0.05, 0.1) is 17.1 Å². The fourth-order valence-corrected chi connectivity index (χ4v) is 2.12. The van der Waals surface area contributed by atoms with Gasteiger partial charge in [-0.1, -0.05) is 0 Å². The van der Waals surface area contributed by atoms with Crippen LogP contribution in [0.5, 0.6) is 0 Å². The molecule has 0 amide bonds. The molecule has 84 valence electrons. The summed E-state index contributed by atoms with van der Waals surface area (Å²) in [5, 5.41) is 10.8. The van der Waals surface area contributed by atoms with Crippen molar-refractivity contribution in [3.63, 3.8) is 0 Å². The molecule has 1 aliphatic rings. The molecule has 2 rings (SSSR count). The molecule has 4 heteroatoms. The summed E-state index contributed by atoms with van der Waals surface area (Å²) in [7, 11) is 2.19. The van der Waals surface area contributed by atoms with Gasteiger partial charge in [0.25, 0.3) is 0 Å². The zero-order valence-electron chi connectivity index (χ0n) is 9.80. The van der Waals surface area contributed by atoms with E-state index < -0.39 is 0 Å². The standard InChI is InChI=1S/C11H20N4/c1-8-11(9(2)14-13-8)12-10-4-6-15(3)7-5-10/h10,12H,4-7H2,1-3H3,(H,13,14). The van der Waals surface area contributed by atoms with Crippen molar-refractivity contribution in [2.45, 2.75) is 32.7 Å². The Kier molecular flexibility index (Phi) is 2.95. The molecular formula is C11H20N4. The summed E-state index contributed by atoms with van der Waals surface area (Å²) in [6.07, 6.45) is 2.45. The van der Waals surface area contributed by atoms with Crippen molar-refractivity contribution in [2.75, 3.05) is 25.5 Å². The van der Waals surface area contributed by atoms with Gasteiger partial charge in [0.1, 0.15) is 0 Å². The van der Waals surface area contributed by atoms with Crippen LogP contribution in [0.25, 0.3) is 0 Å². The number of aromatic nitrogens is 2. The number of nitrogens with zero attached hydrogens (tertiary/aromatic N) is 2. The number of aryl methyl sites for hydroxylation is 2. The molecule has 1 aromatic rings. The Labute approximate surface area is 91.1 Å². The van der Waals surface area contributed by atoms with E-state index in [4.69, 9.17) is 0 Å². The molecular weight excluding hydrogens is 188 g/mol. The fourth-order valence-electron chi connectivity index (χ4n) is 2.12.